The molecule has 1 unspecified atom stereocenters. The van der Waals surface area contributed by atoms with Crippen molar-refractivity contribution in [3.05, 3.63) is 36.5 Å². The summed E-state index contributed by atoms with van der Waals surface area (Å²) in [4.78, 5) is 66.0. The summed E-state index contributed by atoms with van der Waals surface area (Å²) in [6, 6.07) is 4.87. The number of likely N-dealkylation sites (N-methyl/N-ethyl adjacent to an activating group) is 1. The third-order valence-electron chi connectivity index (χ3n) is 14.6. The standard InChI is InChI=1S/C45H58N4O9S/c1-4-27-17-26(2)7-5-6-8-30-23-45(30,44(53)47-59(54,55)33-9-10-33)24-39(50)38-21-32(25-49(38)43(52)36(27)22-40(51)57-31-19-28-18-29(28)20-31)58-42-35-11-12-37-41(34(35)13-14-46-42)56-16-15-48(37)3/h6,8,11-14,26-33,36,38H,4-5,7,9-10,15-25H2,1-3H3,(H,47,53)/b8-6-/t26-,27+,28-,29+,30+,31?,32+,36-,38-,45+/m0/s1. The first kappa shape index (κ1) is 40.2. The minimum Gasteiger partial charge on any atom is -0.489 e. The van der Waals surface area contributed by atoms with Gasteiger partial charge >= 0.3 is 5.97 Å². The first-order valence-corrected chi connectivity index (χ1v) is 23.6. The topological polar surface area (TPSA) is 162 Å². The molecule has 2 amide bonds. The lowest BCUT2D eigenvalue weighted by Gasteiger charge is -2.33. The van der Waals surface area contributed by atoms with Crippen molar-refractivity contribution < 1.29 is 41.8 Å². The van der Waals surface area contributed by atoms with Gasteiger partial charge in [-0.15, -0.1) is 0 Å². The number of benzene rings is 1. The van der Waals surface area contributed by atoms with Crippen LogP contribution in [-0.2, 0) is 33.9 Å². The molecule has 1 N–H and O–H groups in total. The fourth-order valence-corrected chi connectivity index (χ4v) is 12.1. The highest BCUT2D eigenvalue weighted by atomic mass is 32.2. The fraction of sp³-hybridized carbons (Fsp3) is 0.667. The minimum atomic E-state index is -3.85. The lowest BCUT2D eigenvalue weighted by molar-refractivity contribution is -0.155. The van der Waals surface area contributed by atoms with Crippen LogP contribution in [0.15, 0.2) is 36.5 Å². The Hall–Kier alpha value is -4.20. The molecule has 2 aromatic rings. The first-order valence-electron chi connectivity index (χ1n) is 22.0. The molecule has 9 rings (SSSR count). The van der Waals surface area contributed by atoms with E-state index in [1.165, 1.54) is 6.42 Å². The van der Waals surface area contributed by atoms with E-state index < -0.39 is 44.7 Å². The Labute approximate surface area is 347 Å². The summed E-state index contributed by atoms with van der Waals surface area (Å²) in [6.07, 6.45) is 12.1. The molecule has 0 bridgehead atoms. The normalized spacial score (nSPS) is 34.9. The molecule has 14 heteroatoms. The van der Waals surface area contributed by atoms with Gasteiger partial charge in [-0.1, -0.05) is 32.4 Å². The SMILES string of the molecule is CC[C@@H]1C[C@@H](C)CC/C=C\[C@@H]2C[C@@]2(C(=O)NS(=O)(=O)C2CC2)CC(=O)[C@@H]2C[C@@H](Oc3nccc4c5c(ccc34)N(C)CCO5)CN2C(=O)[C@H]1CC(=O)OC1C[C@@H]2C[C@@H]2C1. The number of pyridine rings is 1. The predicted molar refractivity (Wildman–Crippen MR) is 220 cm³/mol. The number of sulfonamides is 1. The lowest BCUT2D eigenvalue weighted by atomic mass is 9.79. The smallest absolute Gasteiger partial charge is 0.306 e. The molecule has 1 aromatic heterocycles. The van der Waals surface area contributed by atoms with E-state index in [1.54, 1.807) is 11.1 Å². The Kier molecular flexibility index (Phi) is 10.7. The summed E-state index contributed by atoms with van der Waals surface area (Å²) in [5, 5.41) is 0.999. The quantitative estimate of drug-likeness (QED) is 0.243. The Balaban J connectivity index is 1.04. The number of hydrogen-bond acceptors (Lipinski definition) is 11. The third kappa shape index (κ3) is 8.06. The van der Waals surface area contributed by atoms with Crippen LogP contribution in [-0.4, -0.2) is 92.1 Å². The van der Waals surface area contributed by atoms with Crippen LogP contribution >= 0.6 is 0 Å². The van der Waals surface area contributed by atoms with Crippen LogP contribution in [0.2, 0.25) is 0 Å². The molecule has 318 valence electrons. The maximum atomic E-state index is 15.2. The number of Topliss-reactive ketones (excluding diaryl/α,β-unsaturated/α-hetero) is 1. The molecule has 0 spiro atoms. The van der Waals surface area contributed by atoms with Gasteiger partial charge in [0.2, 0.25) is 27.7 Å². The number of anilines is 1. The first-order chi connectivity index (χ1) is 28.3. The number of esters is 1. The summed E-state index contributed by atoms with van der Waals surface area (Å²) >= 11 is 0. The van der Waals surface area contributed by atoms with Crippen molar-refractivity contribution in [2.45, 2.75) is 121 Å². The van der Waals surface area contributed by atoms with Crippen molar-refractivity contribution in [2.75, 3.05) is 31.6 Å². The van der Waals surface area contributed by atoms with Gasteiger partial charge in [-0.3, -0.25) is 23.9 Å². The van der Waals surface area contributed by atoms with Crippen LogP contribution in [0.25, 0.3) is 10.8 Å². The Morgan fingerprint density at radius 2 is 1.81 bits per heavy atom. The van der Waals surface area contributed by atoms with Gasteiger partial charge in [0.15, 0.2) is 11.5 Å². The van der Waals surface area contributed by atoms with Crippen LogP contribution in [0.1, 0.15) is 97.3 Å². The molecule has 3 aliphatic heterocycles. The summed E-state index contributed by atoms with van der Waals surface area (Å²) in [6.45, 7) is 5.61. The molecule has 1 saturated heterocycles. The van der Waals surface area contributed by atoms with Gasteiger partial charge in [-0.25, -0.2) is 13.4 Å². The van der Waals surface area contributed by atoms with E-state index in [0.717, 1.165) is 60.9 Å². The molecule has 0 radical (unpaired) electrons. The molecule has 1 aromatic carbocycles. The number of carbonyl (C=O) groups is 4. The van der Waals surface area contributed by atoms with E-state index in [-0.39, 0.29) is 67.3 Å². The van der Waals surface area contributed by atoms with Gasteiger partial charge in [0.05, 0.1) is 47.8 Å². The fourth-order valence-electron chi connectivity index (χ4n) is 10.7. The lowest BCUT2D eigenvalue weighted by Crippen LogP contribution is -2.48. The second-order valence-corrected chi connectivity index (χ2v) is 20.8. The third-order valence-corrected chi connectivity index (χ3v) is 16.4. The molecule has 5 fully saturated rings. The van der Waals surface area contributed by atoms with Gasteiger partial charge < -0.3 is 24.0 Å². The number of aromatic nitrogens is 1. The number of rotatable bonds is 9. The van der Waals surface area contributed by atoms with Crippen molar-refractivity contribution in [2.24, 2.45) is 40.9 Å². The van der Waals surface area contributed by atoms with Crippen molar-refractivity contribution in [1.82, 2.24) is 14.6 Å². The number of nitrogens with one attached hydrogen (secondary N) is 1. The second kappa shape index (κ2) is 15.7. The zero-order chi connectivity index (χ0) is 41.2. The molecule has 59 heavy (non-hydrogen) atoms. The molecule has 4 aliphatic carbocycles. The summed E-state index contributed by atoms with van der Waals surface area (Å²) in [5.41, 5.74) is -0.274. The average molecular weight is 831 g/mol. The van der Waals surface area contributed by atoms with Gasteiger partial charge in [0.1, 0.15) is 18.8 Å². The van der Waals surface area contributed by atoms with Crippen molar-refractivity contribution in [3.8, 4) is 11.6 Å². The number of amides is 2. The molecule has 4 heterocycles. The zero-order valence-corrected chi connectivity index (χ0v) is 35.3. The van der Waals surface area contributed by atoms with Crippen LogP contribution in [0, 0.1) is 40.9 Å². The van der Waals surface area contributed by atoms with Crippen molar-refractivity contribution >= 4 is 50.1 Å². The summed E-state index contributed by atoms with van der Waals surface area (Å²) in [7, 11) is -1.83. The van der Waals surface area contributed by atoms with E-state index in [4.69, 9.17) is 14.2 Å². The highest BCUT2D eigenvalue weighted by Crippen LogP contribution is 2.57. The molecule has 4 saturated carbocycles. The predicted octanol–water partition coefficient (Wildman–Crippen LogP) is 5.74. The Bertz CT molecular complexity index is 2150. The number of ketones is 1. The monoisotopic (exact) mass is 830 g/mol. The second-order valence-electron chi connectivity index (χ2n) is 18.8. The van der Waals surface area contributed by atoms with Crippen molar-refractivity contribution in [1.29, 1.82) is 0 Å². The van der Waals surface area contributed by atoms with Crippen LogP contribution in [0.3, 0.4) is 0 Å². The van der Waals surface area contributed by atoms with Gasteiger partial charge in [0.25, 0.3) is 0 Å². The van der Waals surface area contributed by atoms with Crippen molar-refractivity contribution in [3.63, 3.8) is 0 Å². The molecular weight excluding hydrogens is 773 g/mol. The Morgan fingerprint density at radius 1 is 1.02 bits per heavy atom. The van der Waals surface area contributed by atoms with E-state index in [9.17, 15) is 22.8 Å². The van der Waals surface area contributed by atoms with Gasteiger partial charge in [-0.2, -0.15) is 0 Å². The van der Waals surface area contributed by atoms with Crippen LogP contribution in [0.4, 0.5) is 5.69 Å². The Morgan fingerprint density at radius 3 is 2.58 bits per heavy atom. The van der Waals surface area contributed by atoms with Gasteiger partial charge in [-0.05, 0) is 106 Å². The maximum Gasteiger partial charge on any atom is 0.306 e. The molecule has 7 aliphatic rings. The molecule has 10 atom stereocenters. The minimum absolute atomic E-state index is 0.0728. The summed E-state index contributed by atoms with van der Waals surface area (Å²) in [5.74, 6) is -0.167. The molecule has 13 nitrogen and oxygen atoms in total. The number of allylic oxidation sites excluding steroid dienone is 2. The van der Waals surface area contributed by atoms with E-state index in [1.807, 2.05) is 37.4 Å². The van der Waals surface area contributed by atoms with Crippen LogP contribution < -0.4 is 19.1 Å². The number of ether oxygens (including phenoxy) is 3. The maximum absolute atomic E-state index is 15.2. The largest absolute Gasteiger partial charge is 0.489 e. The number of hydrogen-bond donors (Lipinski definition) is 1. The highest BCUT2D eigenvalue weighted by Gasteiger charge is 2.62. The number of carbonyl (C=O) groups excluding carboxylic acids is 4. The number of nitrogens with zero attached hydrogens (tertiary/aromatic N) is 3. The van der Waals surface area contributed by atoms with E-state index in [2.05, 4.69) is 28.5 Å². The van der Waals surface area contributed by atoms with E-state index in [0.29, 0.717) is 50.0 Å². The van der Waals surface area contributed by atoms with E-state index >= 15 is 4.79 Å². The average Bonchev–Trinajstić information content (AvgIpc) is 4.17. The zero-order valence-electron chi connectivity index (χ0n) is 34.5. The highest BCUT2D eigenvalue weighted by molar-refractivity contribution is 7.90. The molecular formula is C45H58N4O9S. The van der Waals surface area contributed by atoms with Crippen LogP contribution in [0.5, 0.6) is 11.6 Å². The van der Waals surface area contributed by atoms with Gasteiger partial charge in [0, 0.05) is 36.9 Å². The number of fused-ring (bicyclic) bond motifs is 6. The summed E-state index contributed by atoms with van der Waals surface area (Å²) < 4.78 is 47.1.